The molecule has 1 atom stereocenters. The Labute approximate surface area is 193 Å². The lowest BCUT2D eigenvalue weighted by Gasteiger charge is -2.14. The predicted molar refractivity (Wildman–Crippen MR) is 129 cm³/mol. The van der Waals surface area contributed by atoms with Crippen LogP contribution in [0, 0.1) is 13.8 Å². The Balaban J connectivity index is 1.36. The molecule has 6 heteroatoms. The maximum atomic E-state index is 11.6. The summed E-state index contributed by atoms with van der Waals surface area (Å²) in [5.74, 6) is 0.671. The van der Waals surface area contributed by atoms with Crippen molar-refractivity contribution in [3.05, 3.63) is 83.2 Å². The number of carbonyl (C=O) groups excluding carboxylic acids is 1. The third kappa shape index (κ3) is 3.93. The number of aryl methyl sites for hydroxylation is 1. The largest absolute Gasteiger partial charge is 0.493 e. The first-order valence-electron chi connectivity index (χ1n) is 11.1. The smallest absolute Gasteiger partial charge is 0.306 e. The van der Waals surface area contributed by atoms with E-state index < -0.39 is 0 Å². The highest BCUT2D eigenvalue weighted by molar-refractivity contribution is 5.72. The van der Waals surface area contributed by atoms with Gasteiger partial charge in [0.15, 0.2) is 0 Å². The van der Waals surface area contributed by atoms with Crippen molar-refractivity contribution < 1.29 is 14.3 Å². The second kappa shape index (κ2) is 8.62. The summed E-state index contributed by atoms with van der Waals surface area (Å²) >= 11 is 0. The number of imidazole rings is 1. The van der Waals surface area contributed by atoms with E-state index in [1.807, 2.05) is 36.4 Å². The summed E-state index contributed by atoms with van der Waals surface area (Å²) in [4.78, 5) is 16.4. The Bertz CT molecular complexity index is 1340. The van der Waals surface area contributed by atoms with E-state index in [-0.39, 0.29) is 11.9 Å². The quantitative estimate of drug-likeness (QED) is 0.413. The second-order valence-electron chi connectivity index (χ2n) is 8.46. The molecule has 0 saturated heterocycles. The average Bonchev–Trinajstić information content (AvgIpc) is 3.38. The number of rotatable bonds is 6. The number of hydrogen-bond donors (Lipinski definition) is 1. The van der Waals surface area contributed by atoms with E-state index in [1.54, 1.807) is 0 Å². The van der Waals surface area contributed by atoms with Gasteiger partial charge in [0.1, 0.15) is 11.4 Å². The van der Waals surface area contributed by atoms with Crippen LogP contribution in [0.4, 0.5) is 5.69 Å². The minimum Gasteiger partial charge on any atom is -0.493 e. The number of anilines is 1. The van der Waals surface area contributed by atoms with Gasteiger partial charge >= 0.3 is 5.97 Å². The van der Waals surface area contributed by atoms with Crippen molar-refractivity contribution in [1.29, 1.82) is 0 Å². The van der Waals surface area contributed by atoms with Crippen molar-refractivity contribution in [2.24, 2.45) is 0 Å². The van der Waals surface area contributed by atoms with Gasteiger partial charge in [-0.3, -0.25) is 9.20 Å². The van der Waals surface area contributed by atoms with Crippen molar-refractivity contribution in [1.82, 2.24) is 9.38 Å². The number of methoxy groups -OCH3 is 1. The molecule has 168 valence electrons. The fraction of sp³-hybridized carbons (Fsp3) is 0.259. The van der Waals surface area contributed by atoms with E-state index in [0.717, 1.165) is 34.0 Å². The summed E-state index contributed by atoms with van der Waals surface area (Å²) in [7, 11) is 1.42. The number of carbonyl (C=O) groups is 1. The first kappa shape index (κ1) is 21.1. The monoisotopic (exact) mass is 441 g/mol. The number of ether oxygens (including phenoxy) is 2. The normalized spacial score (nSPS) is 14.7. The van der Waals surface area contributed by atoms with Gasteiger partial charge in [-0.1, -0.05) is 30.3 Å². The van der Waals surface area contributed by atoms with E-state index in [9.17, 15) is 4.79 Å². The van der Waals surface area contributed by atoms with E-state index in [2.05, 4.69) is 48.0 Å². The number of benzene rings is 2. The Morgan fingerprint density at radius 3 is 2.91 bits per heavy atom. The standard InChI is InChI=1S/C27H27N3O3/c1-17-19(7-6-8-22(17)27-18(2)29-25-9-4-5-12-30(25)27)15-28-21-10-11-23-20(13-26(31)32-3)16-33-24(23)14-21/h4-12,14,20,28H,13,15-16H2,1-3H3. The lowest BCUT2D eigenvalue weighted by molar-refractivity contribution is -0.141. The van der Waals surface area contributed by atoms with Crippen LogP contribution < -0.4 is 10.1 Å². The molecule has 1 aliphatic heterocycles. The Hall–Kier alpha value is -3.80. The Morgan fingerprint density at radius 1 is 1.18 bits per heavy atom. The van der Waals surface area contributed by atoms with Gasteiger partial charge in [-0.05, 0) is 43.2 Å². The highest BCUT2D eigenvalue weighted by atomic mass is 16.5. The Kier molecular flexibility index (Phi) is 5.50. The van der Waals surface area contributed by atoms with Crippen molar-refractivity contribution >= 4 is 17.3 Å². The van der Waals surface area contributed by atoms with E-state index in [1.165, 1.54) is 23.8 Å². The van der Waals surface area contributed by atoms with Crippen molar-refractivity contribution in [3.8, 4) is 17.0 Å². The zero-order valence-corrected chi connectivity index (χ0v) is 19.1. The summed E-state index contributed by atoms with van der Waals surface area (Å²) in [6, 6.07) is 18.6. The Morgan fingerprint density at radius 2 is 2.06 bits per heavy atom. The van der Waals surface area contributed by atoms with Crippen LogP contribution >= 0.6 is 0 Å². The molecule has 0 aliphatic carbocycles. The van der Waals surface area contributed by atoms with Crippen LogP contribution in [-0.4, -0.2) is 29.1 Å². The zero-order chi connectivity index (χ0) is 22.9. The molecule has 0 bridgehead atoms. The molecule has 3 heterocycles. The molecule has 1 aliphatic rings. The predicted octanol–water partition coefficient (Wildman–Crippen LogP) is 5.27. The topological polar surface area (TPSA) is 64.9 Å². The molecular weight excluding hydrogens is 414 g/mol. The number of pyridine rings is 1. The number of hydrogen-bond acceptors (Lipinski definition) is 5. The van der Waals surface area contributed by atoms with E-state index in [0.29, 0.717) is 19.6 Å². The number of nitrogens with zero attached hydrogens (tertiary/aromatic N) is 2. The molecule has 6 nitrogen and oxygen atoms in total. The highest BCUT2D eigenvalue weighted by Crippen LogP contribution is 2.38. The molecule has 33 heavy (non-hydrogen) atoms. The maximum absolute atomic E-state index is 11.6. The third-order valence-electron chi connectivity index (χ3n) is 6.42. The SMILES string of the molecule is COC(=O)CC1COc2cc(NCc3cccc(-c4c(C)nc5ccccn45)c3C)ccc21. The van der Waals surface area contributed by atoms with Crippen molar-refractivity contribution in [2.45, 2.75) is 32.7 Å². The summed E-state index contributed by atoms with van der Waals surface area (Å²) in [5, 5.41) is 3.53. The lowest BCUT2D eigenvalue weighted by Crippen LogP contribution is -2.09. The van der Waals surface area contributed by atoms with Crippen LogP contribution in [0.15, 0.2) is 60.8 Å². The molecular formula is C27H27N3O3. The zero-order valence-electron chi connectivity index (χ0n) is 19.1. The molecule has 2 aromatic carbocycles. The highest BCUT2D eigenvalue weighted by Gasteiger charge is 2.27. The van der Waals surface area contributed by atoms with Crippen molar-refractivity contribution in [3.63, 3.8) is 0 Å². The maximum Gasteiger partial charge on any atom is 0.306 e. The summed E-state index contributed by atoms with van der Waals surface area (Å²) in [6.07, 6.45) is 2.40. The van der Waals surface area contributed by atoms with Gasteiger partial charge in [0.25, 0.3) is 0 Å². The number of nitrogens with one attached hydrogen (secondary N) is 1. The number of fused-ring (bicyclic) bond motifs is 2. The van der Waals surface area contributed by atoms with Crippen LogP contribution in [0.1, 0.15) is 34.7 Å². The number of esters is 1. The first-order chi connectivity index (χ1) is 16.0. The molecule has 5 rings (SSSR count). The van der Waals surface area contributed by atoms with Crippen LogP contribution in [0.2, 0.25) is 0 Å². The van der Waals surface area contributed by atoms with Gasteiger partial charge in [0, 0.05) is 41.5 Å². The summed E-state index contributed by atoms with van der Waals surface area (Å²) < 4.78 is 12.8. The lowest BCUT2D eigenvalue weighted by atomic mass is 9.97. The summed E-state index contributed by atoms with van der Waals surface area (Å²) in [6.45, 7) is 5.43. The van der Waals surface area contributed by atoms with Crippen LogP contribution in [0.5, 0.6) is 5.75 Å². The summed E-state index contributed by atoms with van der Waals surface area (Å²) in [5.41, 5.74) is 8.80. The molecule has 0 radical (unpaired) electrons. The van der Waals surface area contributed by atoms with Gasteiger partial charge in [-0.15, -0.1) is 0 Å². The van der Waals surface area contributed by atoms with Crippen molar-refractivity contribution in [2.75, 3.05) is 19.0 Å². The minimum absolute atomic E-state index is 0.0501. The van der Waals surface area contributed by atoms with Crippen LogP contribution in [0.3, 0.4) is 0 Å². The van der Waals surface area contributed by atoms with Gasteiger partial charge in [0.2, 0.25) is 0 Å². The fourth-order valence-corrected chi connectivity index (χ4v) is 4.61. The van der Waals surface area contributed by atoms with E-state index >= 15 is 0 Å². The molecule has 0 saturated carbocycles. The van der Waals surface area contributed by atoms with Gasteiger partial charge in [0.05, 0.1) is 31.5 Å². The molecule has 1 unspecified atom stereocenters. The molecule has 2 aromatic heterocycles. The minimum atomic E-state index is -0.213. The molecule has 0 spiro atoms. The van der Waals surface area contributed by atoms with Gasteiger partial charge in [-0.25, -0.2) is 4.98 Å². The van der Waals surface area contributed by atoms with Crippen LogP contribution in [-0.2, 0) is 16.1 Å². The molecule has 0 fully saturated rings. The molecule has 1 N–H and O–H groups in total. The number of aromatic nitrogens is 2. The molecule has 4 aromatic rings. The van der Waals surface area contributed by atoms with Gasteiger partial charge in [-0.2, -0.15) is 0 Å². The fourth-order valence-electron chi connectivity index (χ4n) is 4.61. The molecule has 0 amide bonds. The van der Waals surface area contributed by atoms with Gasteiger partial charge < -0.3 is 14.8 Å². The second-order valence-corrected chi connectivity index (χ2v) is 8.46. The average molecular weight is 442 g/mol. The van der Waals surface area contributed by atoms with Crippen LogP contribution in [0.25, 0.3) is 16.9 Å². The van der Waals surface area contributed by atoms with E-state index in [4.69, 9.17) is 14.5 Å². The third-order valence-corrected chi connectivity index (χ3v) is 6.42. The first-order valence-corrected chi connectivity index (χ1v) is 11.1.